The van der Waals surface area contributed by atoms with Crippen molar-refractivity contribution in [3.8, 4) is 0 Å². The third kappa shape index (κ3) is 3.83. The highest BCUT2D eigenvalue weighted by molar-refractivity contribution is 7.92. The number of nitrogens with one attached hydrogen (secondary N) is 1. The summed E-state index contributed by atoms with van der Waals surface area (Å²) in [5, 5.41) is 6.02. The average Bonchev–Trinajstić information content (AvgIpc) is 3.07. The van der Waals surface area contributed by atoms with Crippen molar-refractivity contribution in [2.45, 2.75) is 11.4 Å². The molecule has 0 amide bonds. The first-order valence-corrected chi connectivity index (χ1v) is 9.77. The average molecular weight is 381 g/mol. The van der Waals surface area contributed by atoms with Gasteiger partial charge in [-0.25, -0.2) is 12.8 Å². The van der Waals surface area contributed by atoms with Crippen molar-refractivity contribution in [3.05, 3.63) is 90.4 Å². The van der Waals surface area contributed by atoms with E-state index in [4.69, 9.17) is 0 Å². The standard InChI is InChI=1S/C20H16FN3O2S/c21-18-7-3-4-15(12-18)14-24-11-10-20(22-24)23-27(25,26)19-9-8-16-5-1-2-6-17(16)13-19/h1-13H,14H2,(H,22,23). The second-order valence-electron chi connectivity index (χ2n) is 6.14. The number of anilines is 1. The third-order valence-electron chi connectivity index (χ3n) is 4.14. The molecule has 0 aliphatic rings. The summed E-state index contributed by atoms with van der Waals surface area (Å²) in [5.74, 6) is -0.114. The van der Waals surface area contributed by atoms with Crippen LogP contribution in [0.5, 0.6) is 0 Å². The Kier molecular flexibility index (Phi) is 4.37. The normalized spacial score (nSPS) is 11.6. The molecule has 1 aromatic heterocycles. The molecule has 27 heavy (non-hydrogen) atoms. The van der Waals surface area contributed by atoms with Gasteiger partial charge in [0.1, 0.15) is 5.82 Å². The second-order valence-corrected chi connectivity index (χ2v) is 7.83. The zero-order valence-corrected chi connectivity index (χ0v) is 15.0. The fourth-order valence-corrected chi connectivity index (χ4v) is 3.89. The van der Waals surface area contributed by atoms with Crippen molar-refractivity contribution in [1.82, 2.24) is 9.78 Å². The van der Waals surface area contributed by atoms with Gasteiger partial charge in [-0.2, -0.15) is 5.10 Å². The maximum Gasteiger partial charge on any atom is 0.263 e. The number of nitrogens with zero attached hydrogens (tertiary/aromatic N) is 2. The molecule has 7 heteroatoms. The van der Waals surface area contributed by atoms with E-state index in [9.17, 15) is 12.8 Å². The van der Waals surface area contributed by atoms with Crippen LogP contribution in [0.15, 0.2) is 83.9 Å². The zero-order valence-electron chi connectivity index (χ0n) is 14.2. The van der Waals surface area contributed by atoms with Crippen LogP contribution >= 0.6 is 0 Å². The smallest absolute Gasteiger partial charge is 0.263 e. The molecule has 0 saturated carbocycles. The molecule has 0 atom stereocenters. The van der Waals surface area contributed by atoms with E-state index in [1.54, 1.807) is 47.3 Å². The first kappa shape index (κ1) is 17.2. The van der Waals surface area contributed by atoms with Crippen molar-refractivity contribution in [1.29, 1.82) is 0 Å². The molecule has 136 valence electrons. The molecule has 0 radical (unpaired) electrons. The van der Waals surface area contributed by atoms with E-state index in [1.807, 2.05) is 24.3 Å². The van der Waals surface area contributed by atoms with Crippen molar-refractivity contribution >= 4 is 26.6 Å². The summed E-state index contributed by atoms with van der Waals surface area (Å²) in [4.78, 5) is 0.167. The summed E-state index contributed by atoms with van der Waals surface area (Å²) in [7, 11) is -3.76. The van der Waals surface area contributed by atoms with Crippen molar-refractivity contribution in [2.24, 2.45) is 0 Å². The minimum Gasteiger partial charge on any atom is -0.266 e. The van der Waals surface area contributed by atoms with Gasteiger partial charge in [-0.3, -0.25) is 9.40 Å². The number of aromatic nitrogens is 2. The van der Waals surface area contributed by atoms with E-state index in [2.05, 4.69) is 9.82 Å². The van der Waals surface area contributed by atoms with Gasteiger partial charge in [-0.1, -0.05) is 42.5 Å². The summed E-state index contributed by atoms with van der Waals surface area (Å²) in [6.45, 7) is 0.343. The second kappa shape index (κ2) is 6.85. The fraction of sp³-hybridized carbons (Fsp3) is 0.0500. The molecule has 0 unspecified atom stereocenters. The Morgan fingerprint density at radius 1 is 0.926 bits per heavy atom. The molecule has 0 spiro atoms. The van der Waals surface area contributed by atoms with Gasteiger partial charge < -0.3 is 0 Å². The van der Waals surface area contributed by atoms with E-state index in [0.717, 1.165) is 16.3 Å². The summed E-state index contributed by atoms with van der Waals surface area (Å²) >= 11 is 0. The van der Waals surface area contributed by atoms with E-state index in [1.165, 1.54) is 12.1 Å². The Morgan fingerprint density at radius 3 is 2.56 bits per heavy atom. The lowest BCUT2D eigenvalue weighted by Crippen LogP contribution is -2.13. The van der Waals surface area contributed by atoms with Crippen molar-refractivity contribution < 1.29 is 12.8 Å². The van der Waals surface area contributed by atoms with Crippen LogP contribution in [0.2, 0.25) is 0 Å². The van der Waals surface area contributed by atoms with Gasteiger partial charge in [-0.05, 0) is 40.6 Å². The van der Waals surface area contributed by atoms with Crippen LogP contribution in [0.3, 0.4) is 0 Å². The molecule has 5 nitrogen and oxygen atoms in total. The van der Waals surface area contributed by atoms with Crippen LogP contribution in [0, 0.1) is 5.82 Å². The van der Waals surface area contributed by atoms with Gasteiger partial charge in [0.15, 0.2) is 5.82 Å². The first-order valence-electron chi connectivity index (χ1n) is 8.29. The van der Waals surface area contributed by atoms with Gasteiger partial charge in [0.2, 0.25) is 0 Å². The highest BCUT2D eigenvalue weighted by atomic mass is 32.2. The maximum atomic E-state index is 13.3. The minimum absolute atomic E-state index is 0.167. The Hall–Kier alpha value is -3.19. The van der Waals surface area contributed by atoms with Gasteiger partial charge in [-0.15, -0.1) is 0 Å². The predicted octanol–water partition coefficient (Wildman–Crippen LogP) is 4.02. The molecule has 3 aromatic carbocycles. The van der Waals surface area contributed by atoms with Crippen LogP contribution in [-0.4, -0.2) is 18.2 Å². The van der Waals surface area contributed by atoms with E-state index >= 15 is 0 Å². The molecule has 4 rings (SSSR count). The molecule has 0 bridgehead atoms. The largest absolute Gasteiger partial charge is 0.266 e. The number of rotatable bonds is 5. The van der Waals surface area contributed by atoms with Gasteiger partial charge in [0.05, 0.1) is 11.4 Å². The molecular formula is C20H16FN3O2S. The third-order valence-corrected chi connectivity index (χ3v) is 5.50. The van der Waals surface area contributed by atoms with E-state index in [-0.39, 0.29) is 16.5 Å². The monoisotopic (exact) mass is 381 g/mol. The zero-order chi connectivity index (χ0) is 18.9. The summed E-state index contributed by atoms with van der Waals surface area (Å²) < 4.78 is 42.6. The number of fused-ring (bicyclic) bond motifs is 1. The molecule has 0 fully saturated rings. The molecule has 1 heterocycles. The lowest BCUT2D eigenvalue weighted by Gasteiger charge is -2.07. The van der Waals surface area contributed by atoms with Crippen LogP contribution < -0.4 is 4.72 Å². The van der Waals surface area contributed by atoms with Crippen LogP contribution in [-0.2, 0) is 16.6 Å². The molecule has 1 N–H and O–H groups in total. The maximum absolute atomic E-state index is 13.3. The summed E-state index contributed by atoms with van der Waals surface area (Å²) in [6, 6.07) is 20.3. The highest BCUT2D eigenvalue weighted by Gasteiger charge is 2.16. The van der Waals surface area contributed by atoms with E-state index in [0.29, 0.717) is 6.54 Å². The van der Waals surface area contributed by atoms with E-state index < -0.39 is 10.0 Å². The number of halogens is 1. The molecule has 4 aromatic rings. The molecule has 0 aliphatic carbocycles. The van der Waals surface area contributed by atoms with Gasteiger partial charge >= 0.3 is 0 Å². The molecule has 0 saturated heterocycles. The highest BCUT2D eigenvalue weighted by Crippen LogP contribution is 2.21. The lowest BCUT2D eigenvalue weighted by atomic mass is 10.1. The van der Waals surface area contributed by atoms with Gasteiger partial charge in [0.25, 0.3) is 10.0 Å². The Balaban J connectivity index is 1.55. The predicted molar refractivity (Wildman–Crippen MR) is 102 cm³/mol. The van der Waals surface area contributed by atoms with Crippen LogP contribution in [0.1, 0.15) is 5.56 Å². The number of hydrogen-bond acceptors (Lipinski definition) is 3. The molecule has 0 aliphatic heterocycles. The van der Waals surface area contributed by atoms with Crippen molar-refractivity contribution in [3.63, 3.8) is 0 Å². The summed E-state index contributed by atoms with van der Waals surface area (Å²) in [6.07, 6.45) is 1.64. The minimum atomic E-state index is -3.76. The number of sulfonamides is 1. The number of benzene rings is 3. The fourth-order valence-electron chi connectivity index (χ4n) is 2.86. The SMILES string of the molecule is O=S(=O)(Nc1ccn(Cc2cccc(F)c2)n1)c1ccc2ccccc2c1. The van der Waals surface area contributed by atoms with Crippen molar-refractivity contribution in [2.75, 3.05) is 4.72 Å². The molecular weight excluding hydrogens is 365 g/mol. The van der Waals surface area contributed by atoms with Crippen LogP contribution in [0.4, 0.5) is 10.2 Å². The quantitative estimate of drug-likeness (QED) is 0.568. The Morgan fingerprint density at radius 2 is 1.74 bits per heavy atom. The number of hydrogen-bond donors (Lipinski definition) is 1. The van der Waals surface area contributed by atoms with Crippen LogP contribution in [0.25, 0.3) is 10.8 Å². The van der Waals surface area contributed by atoms with Gasteiger partial charge in [0, 0.05) is 12.3 Å². The first-order chi connectivity index (χ1) is 13.0. The Labute approximate surface area is 156 Å². The lowest BCUT2D eigenvalue weighted by molar-refractivity contribution is 0.600. The summed E-state index contributed by atoms with van der Waals surface area (Å²) in [5.41, 5.74) is 0.738. The Bertz CT molecular complexity index is 1220. The topological polar surface area (TPSA) is 64.0 Å².